The number of fused-ring (bicyclic) bond motifs is 1. The predicted molar refractivity (Wildman–Crippen MR) is 73.4 cm³/mol. The Kier molecular flexibility index (Phi) is 5.26. The van der Waals surface area contributed by atoms with Gasteiger partial charge in [-0.1, -0.05) is 13.8 Å². The molecule has 0 radical (unpaired) electrons. The number of hydrogen-bond donors (Lipinski definition) is 1. The first-order valence-electron chi connectivity index (χ1n) is 7.46. The van der Waals surface area contributed by atoms with Gasteiger partial charge in [0.25, 0.3) is 0 Å². The highest BCUT2D eigenvalue weighted by Crippen LogP contribution is 2.21. The van der Waals surface area contributed by atoms with Crippen LogP contribution in [-0.2, 0) is 0 Å². The molecule has 0 aliphatic carbocycles. The van der Waals surface area contributed by atoms with E-state index in [9.17, 15) is 0 Å². The van der Waals surface area contributed by atoms with Crippen LogP contribution in [0.25, 0.3) is 0 Å². The molecule has 0 aromatic carbocycles. The van der Waals surface area contributed by atoms with E-state index >= 15 is 0 Å². The Morgan fingerprint density at radius 2 is 2.18 bits per heavy atom. The molecule has 2 saturated heterocycles. The molecule has 0 aromatic rings. The fraction of sp³-hybridized carbons (Fsp3) is 1.00. The van der Waals surface area contributed by atoms with E-state index < -0.39 is 0 Å². The van der Waals surface area contributed by atoms with Gasteiger partial charge in [-0.05, 0) is 44.8 Å². The number of hydrogen-bond acceptors (Lipinski definition) is 3. The van der Waals surface area contributed by atoms with Crippen molar-refractivity contribution >= 4 is 0 Å². The smallest absolute Gasteiger partial charge is 0.0224 e. The van der Waals surface area contributed by atoms with Crippen LogP contribution in [0.1, 0.15) is 33.1 Å². The molecule has 0 spiro atoms. The first-order chi connectivity index (χ1) is 8.29. The number of rotatable bonds is 6. The second-order valence-corrected chi connectivity index (χ2v) is 5.90. The van der Waals surface area contributed by atoms with Crippen LogP contribution < -0.4 is 5.32 Å². The van der Waals surface area contributed by atoms with Gasteiger partial charge in [0.05, 0.1) is 0 Å². The SMILES string of the molecule is CCCNCC(C)CN1CCN2CCCC2C1. The lowest BCUT2D eigenvalue weighted by atomic mass is 10.1. The Morgan fingerprint density at radius 1 is 1.29 bits per heavy atom. The van der Waals surface area contributed by atoms with Crippen LogP contribution in [0.2, 0.25) is 0 Å². The third-order valence-corrected chi connectivity index (χ3v) is 4.16. The van der Waals surface area contributed by atoms with Crippen LogP contribution in [0.5, 0.6) is 0 Å². The maximum Gasteiger partial charge on any atom is 0.0224 e. The first-order valence-corrected chi connectivity index (χ1v) is 7.46. The van der Waals surface area contributed by atoms with Crippen LogP contribution in [0, 0.1) is 5.92 Å². The summed E-state index contributed by atoms with van der Waals surface area (Å²) in [5, 5.41) is 3.53. The van der Waals surface area contributed by atoms with Gasteiger partial charge in [-0.15, -0.1) is 0 Å². The summed E-state index contributed by atoms with van der Waals surface area (Å²) in [6, 6.07) is 0.875. The van der Waals surface area contributed by atoms with Crippen molar-refractivity contribution in [1.82, 2.24) is 15.1 Å². The molecule has 0 amide bonds. The van der Waals surface area contributed by atoms with Gasteiger partial charge in [0, 0.05) is 32.2 Å². The normalized spacial score (nSPS) is 28.2. The maximum atomic E-state index is 3.53. The van der Waals surface area contributed by atoms with Crippen LogP contribution in [-0.4, -0.2) is 61.7 Å². The van der Waals surface area contributed by atoms with E-state index in [1.54, 1.807) is 0 Å². The standard InChI is InChI=1S/C14H29N3/c1-3-6-15-10-13(2)11-16-8-9-17-7-4-5-14(17)12-16/h13-15H,3-12H2,1-2H3. The Labute approximate surface area is 107 Å². The van der Waals surface area contributed by atoms with Crippen LogP contribution in [0.4, 0.5) is 0 Å². The van der Waals surface area contributed by atoms with E-state index in [1.165, 1.54) is 65.1 Å². The summed E-state index contributed by atoms with van der Waals surface area (Å²) in [7, 11) is 0. The summed E-state index contributed by atoms with van der Waals surface area (Å²) in [5.74, 6) is 0.787. The zero-order valence-electron chi connectivity index (χ0n) is 11.6. The molecule has 2 fully saturated rings. The molecule has 2 aliphatic heterocycles. The van der Waals surface area contributed by atoms with Crippen molar-refractivity contribution < 1.29 is 0 Å². The van der Waals surface area contributed by atoms with Gasteiger partial charge >= 0.3 is 0 Å². The van der Waals surface area contributed by atoms with Gasteiger partial charge in [0.1, 0.15) is 0 Å². The highest BCUT2D eigenvalue weighted by molar-refractivity contribution is 4.87. The van der Waals surface area contributed by atoms with Crippen molar-refractivity contribution in [1.29, 1.82) is 0 Å². The average Bonchev–Trinajstić information content (AvgIpc) is 2.76. The average molecular weight is 239 g/mol. The summed E-state index contributed by atoms with van der Waals surface area (Å²) in [6.45, 7) is 13.5. The molecule has 3 heteroatoms. The molecule has 0 saturated carbocycles. The van der Waals surface area contributed by atoms with Gasteiger partial charge in [0.15, 0.2) is 0 Å². The van der Waals surface area contributed by atoms with Crippen molar-refractivity contribution in [3.63, 3.8) is 0 Å². The second kappa shape index (κ2) is 6.72. The predicted octanol–water partition coefficient (Wildman–Crippen LogP) is 1.40. The molecule has 2 heterocycles. The first kappa shape index (κ1) is 13.3. The monoisotopic (exact) mass is 239 g/mol. The summed E-state index contributed by atoms with van der Waals surface area (Å²) >= 11 is 0. The second-order valence-electron chi connectivity index (χ2n) is 5.90. The maximum absolute atomic E-state index is 3.53. The number of piperazine rings is 1. The molecule has 2 aliphatic rings. The quantitative estimate of drug-likeness (QED) is 0.707. The molecule has 17 heavy (non-hydrogen) atoms. The van der Waals surface area contributed by atoms with E-state index in [1.807, 2.05) is 0 Å². The lowest BCUT2D eigenvalue weighted by molar-refractivity contribution is 0.0936. The van der Waals surface area contributed by atoms with Gasteiger partial charge in [-0.25, -0.2) is 0 Å². The van der Waals surface area contributed by atoms with Gasteiger partial charge in [-0.2, -0.15) is 0 Å². The summed E-state index contributed by atoms with van der Waals surface area (Å²) in [6.07, 6.45) is 4.10. The summed E-state index contributed by atoms with van der Waals surface area (Å²) in [4.78, 5) is 5.38. The molecule has 0 aromatic heterocycles. The zero-order valence-corrected chi connectivity index (χ0v) is 11.6. The highest BCUT2D eigenvalue weighted by Gasteiger charge is 2.30. The zero-order chi connectivity index (χ0) is 12.1. The number of nitrogens with one attached hydrogen (secondary N) is 1. The van der Waals surface area contributed by atoms with Gasteiger partial charge in [-0.3, -0.25) is 4.90 Å². The van der Waals surface area contributed by atoms with Crippen molar-refractivity contribution in [2.45, 2.75) is 39.2 Å². The minimum atomic E-state index is 0.787. The van der Waals surface area contributed by atoms with E-state index in [0.717, 1.165) is 12.0 Å². The molecule has 0 bridgehead atoms. The van der Waals surface area contributed by atoms with Crippen LogP contribution >= 0.6 is 0 Å². The third-order valence-electron chi connectivity index (χ3n) is 4.16. The highest BCUT2D eigenvalue weighted by atomic mass is 15.3. The van der Waals surface area contributed by atoms with Crippen molar-refractivity contribution in [2.75, 3.05) is 45.8 Å². The summed E-state index contributed by atoms with van der Waals surface area (Å²) in [5.41, 5.74) is 0. The molecule has 2 unspecified atom stereocenters. The fourth-order valence-electron chi connectivity index (χ4n) is 3.25. The lowest BCUT2D eigenvalue weighted by Crippen LogP contribution is -2.51. The van der Waals surface area contributed by atoms with Crippen molar-refractivity contribution in [2.24, 2.45) is 5.92 Å². The minimum Gasteiger partial charge on any atom is -0.316 e. The fourth-order valence-corrected chi connectivity index (χ4v) is 3.25. The number of nitrogens with zero attached hydrogens (tertiary/aromatic N) is 2. The van der Waals surface area contributed by atoms with E-state index in [-0.39, 0.29) is 0 Å². The Morgan fingerprint density at radius 3 is 3.00 bits per heavy atom. The van der Waals surface area contributed by atoms with Crippen LogP contribution in [0.15, 0.2) is 0 Å². The molecule has 3 nitrogen and oxygen atoms in total. The third kappa shape index (κ3) is 3.94. The Balaban J connectivity index is 1.65. The van der Waals surface area contributed by atoms with Crippen molar-refractivity contribution in [3.8, 4) is 0 Å². The van der Waals surface area contributed by atoms with Gasteiger partial charge in [0.2, 0.25) is 0 Å². The molecule has 2 rings (SSSR count). The topological polar surface area (TPSA) is 18.5 Å². The minimum absolute atomic E-state index is 0.787. The molecular formula is C14H29N3. The molecule has 1 N–H and O–H groups in total. The Hall–Kier alpha value is -0.120. The molecule has 2 atom stereocenters. The van der Waals surface area contributed by atoms with Crippen LogP contribution in [0.3, 0.4) is 0 Å². The van der Waals surface area contributed by atoms with Crippen molar-refractivity contribution in [3.05, 3.63) is 0 Å². The van der Waals surface area contributed by atoms with E-state index in [4.69, 9.17) is 0 Å². The van der Waals surface area contributed by atoms with E-state index in [0.29, 0.717) is 0 Å². The molecular weight excluding hydrogens is 210 g/mol. The summed E-state index contributed by atoms with van der Waals surface area (Å²) < 4.78 is 0. The van der Waals surface area contributed by atoms with Gasteiger partial charge < -0.3 is 10.2 Å². The Bertz CT molecular complexity index is 220. The largest absolute Gasteiger partial charge is 0.316 e. The van der Waals surface area contributed by atoms with E-state index in [2.05, 4.69) is 29.0 Å². The molecule has 100 valence electrons. The lowest BCUT2D eigenvalue weighted by Gasteiger charge is -2.38.